The van der Waals surface area contributed by atoms with Gasteiger partial charge in [-0.05, 0) is 62.4 Å². The average Bonchev–Trinajstić information content (AvgIpc) is 2.85. The second-order valence-electron chi connectivity index (χ2n) is 11.2. The number of carbonyl (C=O) groups is 4. The van der Waals surface area contributed by atoms with Gasteiger partial charge in [0.1, 0.15) is 28.6 Å². The third-order valence-corrected chi connectivity index (χ3v) is 8.60. The van der Waals surface area contributed by atoms with Crippen LogP contribution in [0.5, 0.6) is 5.75 Å². The summed E-state index contributed by atoms with van der Waals surface area (Å²) in [5.41, 5.74) is -1.74. The van der Waals surface area contributed by atoms with Crippen LogP contribution in [0.4, 0.5) is 0 Å². The van der Waals surface area contributed by atoms with Crippen molar-refractivity contribution in [2.24, 2.45) is 11.8 Å². The number of ketones is 4. The number of benzene rings is 1. The normalized spacial score (nSPS) is 26.6. The van der Waals surface area contributed by atoms with Crippen LogP contribution >= 0.6 is 11.6 Å². The van der Waals surface area contributed by atoms with Crippen molar-refractivity contribution in [1.29, 1.82) is 0 Å². The topological polar surface area (TPSA) is 152 Å². The van der Waals surface area contributed by atoms with E-state index >= 15 is 0 Å². The molecule has 39 heavy (non-hydrogen) atoms. The summed E-state index contributed by atoms with van der Waals surface area (Å²) in [4.78, 5) is 53.8. The van der Waals surface area contributed by atoms with E-state index < -0.39 is 57.9 Å². The van der Waals surface area contributed by atoms with Gasteiger partial charge in [-0.1, -0.05) is 19.9 Å². The van der Waals surface area contributed by atoms with Crippen molar-refractivity contribution in [2.75, 3.05) is 20.0 Å². The van der Waals surface area contributed by atoms with Gasteiger partial charge >= 0.3 is 0 Å². The largest absolute Gasteiger partial charge is 0.508 e. The highest BCUT2D eigenvalue weighted by Gasteiger charge is 2.64. The fourth-order valence-electron chi connectivity index (χ4n) is 6.48. The van der Waals surface area contributed by atoms with Crippen molar-refractivity contribution in [3.63, 3.8) is 0 Å². The SMILES string of the molecule is CC(C)c1ccc(O)c2c1C[C@H]1C[C@H]3[C@H](N(C)C)C(=O)C(C(=O)CCCC(=O)CCl)=C(O)[C@@]3(O)C(=O)C1=C2O. The van der Waals surface area contributed by atoms with Gasteiger partial charge in [-0.3, -0.25) is 24.1 Å². The summed E-state index contributed by atoms with van der Waals surface area (Å²) >= 11 is 5.51. The standard InChI is InChI=1S/C29H34ClNO8/c1-13(2)16-8-9-20(34)22-17(16)10-14-11-18-24(31(3)4)26(36)23(19(33)7-5-6-15(32)12-30)28(38)29(18,39)27(37)21(14)25(22)35/h8-9,13-14,18,24,34-35,38-39H,5-7,10-12H2,1-4H3/t14-,18-,24-,29-/m0/s1. The molecule has 4 atom stereocenters. The zero-order valence-electron chi connectivity index (χ0n) is 22.5. The van der Waals surface area contributed by atoms with E-state index in [1.165, 1.54) is 11.0 Å². The minimum Gasteiger partial charge on any atom is -0.508 e. The number of Topliss-reactive ketones (excluding diaryl/α,β-unsaturated/α-hetero) is 4. The van der Waals surface area contributed by atoms with Crippen LogP contribution in [0.15, 0.2) is 29.0 Å². The summed E-state index contributed by atoms with van der Waals surface area (Å²) in [6, 6.07) is 2.12. The minimum atomic E-state index is -2.64. The highest BCUT2D eigenvalue weighted by molar-refractivity contribution is 6.28. The molecule has 0 aliphatic heterocycles. The van der Waals surface area contributed by atoms with E-state index in [0.29, 0.717) is 5.56 Å². The van der Waals surface area contributed by atoms with Crippen LogP contribution in [0, 0.1) is 11.8 Å². The number of likely N-dealkylation sites (N-methyl/N-ethyl adjacent to an activating group) is 1. The summed E-state index contributed by atoms with van der Waals surface area (Å²) in [6.45, 7) is 3.95. The first-order chi connectivity index (χ1) is 18.3. The highest BCUT2D eigenvalue weighted by Crippen LogP contribution is 2.53. The van der Waals surface area contributed by atoms with E-state index in [9.17, 15) is 39.6 Å². The third kappa shape index (κ3) is 4.50. The van der Waals surface area contributed by atoms with E-state index in [1.807, 2.05) is 13.8 Å². The molecule has 210 valence electrons. The molecule has 0 aromatic heterocycles. The Morgan fingerprint density at radius 1 is 1.13 bits per heavy atom. The van der Waals surface area contributed by atoms with Crippen molar-refractivity contribution in [3.05, 3.63) is 45.7 Å². The molecule has 1 aromatic rings. The lowest BCUT2D eigenvalue weighted by molar-refractivity contribution is -0.153. The molecule has 0 bridgehead atoms. The van der Waals surface area contributed by atoms with Crippen LogP contribution in [0.25, 0.3) is 5.76 Å². The van der Waals surface area contributed by atoms with Gasteiger partial charge in [0.15, 0.2) is 17.2 Å². The van der Waals surface area contributed by atoms with Crippen LogP contribution in [-0.4, -0.2) is 80.1 Å². The first kappa shape index (κ1) is 29.0. The van der Waals surface area contributed by atoms with Gasteiger partial charge in [-0.2, -0.15) is 0 Å². The summed E-state index contributed by atoms with van der Waals surface area (Å²) < 4.78 is 0. The molecular formula is C29H34ClNO8. The second-order valence-corrected chi connectivity index (χ2v) is 11.5. The minimum absolute atomic E-state index is 0.00408. The Morgan fingerprint density at radius 2 is 1.79 bits per heavy atom. The molecule has 0 radical (unpaired) electrons. The zero-order valence-corrected chi connectivity index (χ0v) is 23.2. The summed E-state index contributed by atoms with van der Waals surface area (Å²) in [7, 11) is 3.18. The number of nitrogens with zero attached hydrogens (tertiary/aromatic N) is 1. The van der Waals surface area contributed by atoms with Crippen LogP contribution in [0.1, 0.15) is 62.1 Å². The third-order valence-electron chi connectivity index (χ3n) is 8.30. The van der Waals surface area contributed by atoms with E-state index in [0.717, 1.165) is 5.56 Å². The molecule has 0 amide bonds. The predicted octanol–water partition coefficient (Wildman–Crippen LogP) is 3.15. The Balaban J connectivity index is 1.86. The molecule has 0 unspecified atom stereocenters. The summed E-state index contributed by atoms with van der Waals surface area (Å²) in [5.74, 6) is -6.32. The number of phenols is 1. The fourth-order valence-corrected chi connectivity index (χ4v) is 6.61. The number of fused-ring (bicyclic) bond motifs is 3. The number of carbonyl (C=O) groups excluding carboxylic acids is 4. The smallest absolute Gasteiger partial charge is 0.202 e. The molecule has 0 heterocycles. The molecule has 10 heteroatoms. The van der Waals surface area contributed by atoms with Gasteiger partial charge < -0.3 is 20.4 Å². The Hall–Kier alpha value is -3.01. The zero-order chi connectivity index (χ0) is 29.0. The molecule has 0 spiro atoms. The predicted molar refractivity (Wildman–Crippen MR) is 144 cm³/mol. The maximum atomic E-state index is 14.0. The van der Waals surface area contributed by atoms with Crippen molar-refractivity contribution in [2.45, 2.75) is 63.5 Å². The van der Waals surface area contributed by atoms with Crippen LogP contribution in [-0.2, 0) is 25.6 Å². The van der Waals surface area contributed by atoms with Crippen LogP contribution in [0.3, 0.4) is 0 Å². The number of rotatable bonds is 8. The monoisotopic (exact) mass is 559 g/mol. The van der Waals surface area contributed by atoms with Gasteiger partial charge in [0.05, 0.1) is 17.5 Å². The molecular weight excluding hydrogens is 526 g/mol. The Labute approximate surface area is 231 Å². The number of hydrogen-bond donors (Lipinski definition) is 4. The average molecular weight is 560 g/mol. The maximum Gasteiger partial charge on any atom is 0.202 e. The number of hydrogen-bond acceptors (Lipinski definition) is 9. The quantitative estimate of drug-likeness (QED) is 0.278. The Kier molecular flexibility index (Phi) is 7.82. The number of phenolic OH excluding ortho intramolecular Hbond substituents is 1. The van der Waals surface area contributed by atoms with Gasteiger partial charge in [0, 0.05) is 24.3 Å². The first-order valence-corrected chi connectivity index (χ1v) is 13.6. The van der Waals surface area contributed by atoms with E-state index in [-0.39, 0.29) is 66.6 Å². The van der Waals surface area contributed by atoms with Crippen molar-refractivity contribution in [1.82, 2.24) is 4.90 Å². The Morgan fingerprint density at radius 3 is 2.38 bits per heavy atom. The molecule has 3 aliphatic rings. The van der Waals surface area contributed by atoms with Gasteiger partial charge in [0.25, 0.3) is 0 Å². The molecule has 9 nitrogen and oxygen atoms in total. The molecule has 0 saturated heterocycles. The number of aromatic hydroxyl groups is 1. The lowest BCUT2D eigenvalue weighted by Gasteiger charge is -2.50. The molecule has 1 aromatic carbocycles. The van der Waals surface area contributed by atoms with Gasteiger partial charge in [-0.25, -0.2) is 0 Å². The maximum absolute atomic E-state index is 14.0. The number of alkyl halides is 1. The highest BCUT2D eigenvalue weighted by atomic mass is 35.5. The number of aliphatic hydroxyl groups excluding tert-OH is 2. The van der Waals surface area contributed by atoms with Gasteiger partial charge in [0.2, 0.25) is 5.78 Å². The molecule has 3 aliphatic carbocycles. The lowest BCUT2D eigenvalue weighted by Crippen LogP contribution is -2.65. The van der Waals surface area contributed by atoms with Crippen LogP contribution in [0.2, 0.25) is 0 Å². The first-order valence-electron chi connectivity index (χ1n) is 13.1. The molecule has 4 rings (SSSR count). The molecule has 1 saturated carbocycles. The number of aliphatic hydroxyl groups is 3. The van der Waals surface area contributed by atoms with Crippen molar-refractivity contribution >= 4 is 40.5 Å². The van der Waals surface area contributed by atoms with Crippen molar-refractivity contribution in [3.8, 4) is 5.75 Å². The molecule has 4 N–H and O–H groups in total. The summed E-state index contributed by atoms with van der Waals surface area (Å²) in [6.07, 6.45) is 0.175. The molecule has 1 fully saturated rings. The Bertz CT molecular complexity index is 1330. The van der Waals surface area contributed by atoms with E-state index in [4.69, 9.17) is 11.6 Å². The number of halogens is 1. The van der Waals surface area contributed by atoms with Crippen molar-refractivity contribution < 1.29 is 39.6 Å². The fraction of sp³-hybridized carbons (Fsp3) is 0.517. The van der Waals surface area contributed by atoms with E-state index in [2.05, 4.69) is 0 Å². The second kappa shape index (κ2) is 10.5. The summed E-state index contributed by atoms with van der Waals surface area (Å²) in [5, 5.41) is 45.0. The van der Waals surface area contributed by atoms with Crippen LogP contribution < -0.4 is 0 Å². The lowest BCUT2D eigenvalue weighted by atomic mass is 9.57. The van der Waals surface area contributed by atoms with Gasteiger partial charge in [-0.15, -0.1) is 11.6 Å². The van der Waals surface area contributed by atoms with E-state index in [1.54, 1.807) is 20.2 Å².